The molecule has 1 heterocycles. The van der Waals surface area contributed by atoms with Crippen molar-refractivity contribution >= 4 is 11.5 Å². The monoisotopic (exact) mass is 397 g/mol. The summed E-state index contributed by atoms with van der Waals surface area (Å²) in [5.41, 5.74) is 5.66. The fourth-order valence-electron chi connectivity index (χ4n) is 3.37. The van der Waals surface area contributed by atoms with Crippen LogP contribution >= 0.6 is 0 Å². The van der Waals surface area contributed by atoms with Crippen molar-refractivity contribution in [2.75, 3.05) is 7.11 Å². The van der Waals surface area contributed by atoms with Crippen LogP contribution in [0.25, 0.3) is 5.70 Å². The number of aryl methyl sites for hydroxylation is 2. The first-order chi connectivity index (χ1) is 13.5. The van der Waals surface area contributed by atoms with E-state index in [9.17, 15) is 0 Å². The largest absolute Gasteiger partial charge is 0.497 e. The van der Waals surface area contributed by atoms with Crippen molar-refractivity contribution in [3.63, 3.8) is 0 Å². The van der Waals surface area contributed by atoms with Gasteiger partial charge < -0.3 is 9.47 Å². The number of rotatable bonds is 5. The standard InChI is InChI=1S/C22H31N5O2/c1-12(2)20(26(23)17(8)25-13(3)4)22-27(24)21(16(7)29-22)19-14(5)10-18(28-9)11-15(19)6/h10-11H,1,3,23-24H2,2,4-9H3/b22-20-,25-17-. The zero-order valence-corrected chi connectivity index (χ0v) is 18.4. The molecule has 0 amide bonds. The molecule has 156 valence electrons. The van der Waals surface area contributed by atoms with E-state index in [-0.39, 0.29) is 0 Å². The van der Waals surface area contributed by atoms with E-state index in [1.54, 1.807) is 21.0 Å². The quantitative estimate of drug-likeness (QED) is 0.337. The van der Waals surface area contributed by atoms with Crippen molar-refractivity contribution in [3.05, 3.63) is 70.6 Å². The van der Waals surface area contributed by atoms with Crippen LogP contribution in [0.5, 0.6) is 5.75 Å². The molecule has 0 saturated heterocycles. The summed E-state index contributed by atoms with van der Waals surface area (Å²) >= 11 is 0. The van der Waals surface area contributed by atoms with E-state index < -0.39 is 0 Å². The Morgan fingerprint density at radius 3 is 2.14 bits per heavy atom. The molecule has 0 aliphatic carbocycles. The highest BCUT2D eigenvalue weighted by Crippen LogP contribution is 2.39. The second-order valence-corrected chi connectivity index (χ2v) is 7.21. The molecule has 0 spiro atoms. The van der Waals surface area contributed by atoms with Gasteiger partial charge in [0.2, 0.25) is 5.88 Å². The van der Waals surface area contributed by atoms with Crippen LogP contribution in [0.1, 0.15) is 44.4 Å². The van der Waals surface area contributed by atoms with Gasteiger partial charge in [0.1, 0.15) is 28.7 Å². The van der Waals surface area contributed by atoms with Gasteiger partial charge in [-0.15, -0.1) is 0 Å². The maximum Gasteiger partial charge on any atom is 0.240 e. The molecule has 4 N–H and O–H groups in total. The summed E-state index contributed by atoms with van der Waals surface area (Å²) in [6, 6.07) is 3.94. The van der Waals surface area contributed by atoms with Crippen LogP contribution < -0.4 is 16.4 Å². The average Bonchev–Trinajstić information content (AvgIpc) is 2.88. The summed E-state index contributed by atoms with van der Waals surface area (Å²) in [6.45, 7) is 19.2. The molecule has 1 aliphatic rings. The number of nitrogens with two attached hydrogens (primary N) is 2. The number of aliphatic imine (C=N–C) groups is 1. The first-order valence-corrected chi connectivity index (χ1v) is 9.24. The Hall–Kier alpha value is -3.03. The van der Waals surface area contributed by atoms with Crippen LogP contribution in [-0.2, 0) is 4.74 Å². The summed E-state index contributed by atoms with van der Waals surface area (Å²) in [5.74, 6) is 15.2. The summed E-state index contributed by atoms with van der Waals surface area (Å²) in [7, 11) is 1.65. The third kappa shape index (κ3) is 4.36. The molecule has 0 saturated carbocycles. The van der Waals surface area contributed by atoms with Crippen LogP contribution in [0.15, 0.2) is 58.9 Å². The van der Waals surface area contributed by atoms with Crippen LogP contribution in [0.4, 0.5) is 0 Å². The molecule has 1 aliphatic heterocycles. The number of hydrogen-bond acceptors (Lipinski definition) is 6. The van der Waals surface area contributed by atoms with Crippen molar-refractivity contribution in [1.82, 2.24) is 10.0 Å². The Balaban J connectivity index is 2.60. The van der Waals surface area contributed by atoms with Gasteiger partial charge in [0.05, 0.1) is 7.11 Å². The highest BCUT2D eigenvalue weighted by Gasteiger charge is 2.33. The third-order valence-electron chi connectivity index (χ3n) is 4.57. The molecule has 7 heteroatoms. The van der Waals surface area contributed by atoms with Gasteiger partial charge in [0, 0.05) is 11.3 Å². The maximum absolute atomic E-state index is 6.51. The Bertz CT molecular complexity index is 933. The number of methoxy groups -OCH3 is 1. The molecule has 1 aromatic carbocycles. The predicted octanol–water partition coefficient (Wildman–Crippen LogP) is 4.08. The summed E-state index contributed by atoms with van der Waals surface area (Å²) in [5, 5.41) is 2.92. The molecule has 0 bridgehead atoms. The molecule has 0 unspecified atom stereocenters. The fourth-order valence-corrected chi connectivity index (χ4v) is 3.37. The first-order valence-electron chi connectivity index (χ1n) is 9.24. The van der Waals surface area contributed by atoms with E-state index in [0.29, 0.717) is 34.4 Å². The highest BCUT2D eigenvalue weighted by atomic mass is 16.5. The van der Waals surface area contributed by atoms with Gasteiger partial charge in [-0.25, -0.2) is 21.7 Å². The van der Waals surface area contributed by atoms with Gasteiger partial charge in [-0.1, -0.05) is 13.2 Å². The molecule has 0 fully saturated rings. The topological polar surface area (TPSA) is 89.3 Å². The first kappa shape index (κ1) is 22.3. The Morgan fingerprint density at radius 1 is 1.14 bits per heavy atom. The number of amidine groups is 1. The molecule has 0 aromatic heterocycles. The lowest BCUT2D eigenvalue weighted by Crippen LogP contribution is -2.39. The zero-order chi connectivity index (χ0) is 22.0. The number of benzene rings is 1. The highest BCUT2D eigenvalue weighted by molar-refractivity contribution is 5.83. The van der Waals surface area contributed by atoms with Gasteiger partial charge in [-0.3, -0.25) is 5.01 Å². The van der Waals surface area contributed by atoms with E-state index in [1.807, 2.05) is 39.8 Å². The lowest BCUT2D eigenvalue weighted by molar-refractivity contribution is 0.238. The number of nitrogens with zero attached hydrogens (tertiary/aromatic N) is 3. The van der Waals surface area contributed by atoms with Crippen molar-refractivity contribution in [1.29, 1.82) is 0 Å². The molecular weight excluding hydrogens is 366 g/mol. The molecule has 0 radical (unpaired) electrons. The van der Waals surface area contributed by atoms with Gasteiger partial charge in [0.15, 0.2) is 0 Å². The van der Waals surface area contributed by atoms with Crippen molar-refractivity contribution in [3.8, 4) is 5.75 Å². The average molecular weight is 398 g/mol. The van der Waals surface area contributed by atoms with Crippen LogP contribution in [-0.4, -0.2) is 23.0 Å². The lowest BCUT2D eigenvalue weighted by Gasteiger charge is -2.26. The fraction of sp³-hybridized carbons (Fsp3) is 0.318. The summed E-state index contributed by atoms with van der Waals surface area (Å²) in [6.07, 6.45) is 0. The molecule has 7 nitrogen and oxygen atoms in total. The number of allylic oxidation sites excluding steroid dienone is 3. The SMILES string of the molecule is C=C(C)/N=C(/C)N(N)/C(C(=C)C)=C1\OC(C)=C(c2c(C)cc(OC)cc2C)N1N. The molecule has 29 heavy (non-hydrogen) atoms. The maximum atomic E-state index is 6.51. The minimum Gasteiger partial charge on any atom is -0.497 e. The molecule has 0 atom stereocenters. The second-order valence-electron chi connectivity index (χ2n) is 7.21. The Kier molecular flexibility index (Phi) is 6.56. The summed E-state index contributed by atoms with van der Waals surface area (Å²) < 4.78 is 11.4. The third-order valence-corrected chi connectivity index (χ3v) is 4.57. The normalized spacial score (nSPS) is 16.0. The van der Waals surface area contributed by atoms with E-state index in [0.717, 1.165) is 28.1 Å². The lowest BCUT2D eigenvalue weighted by atomic mass is 9.98. The minimum absolute atomic E-state index is 0.387. The molecular formula is C22H31N5O2. The van der Waals surface area contributed by atoms with Crippen LogP contribution in [0, 0.1) is 13.8 Å². The van der Waals surface area contributed by atoms with Crippen molar-refractivity contribution in [2.45, 2.75) is 41.5 Å². The van der Waals surface area contributed by atoms with Crippen LogP contribution in [0.3, 0.4) is 0 Å². The van der Waals surface area contributed by atoms with E-state index in [4.69, 9.17) is 21.2 Å². The Labute approximate surface area is 173 Å². The van der Waals surface area contributed by atoms with Gasteiger partial charge in [-0.2, -0.15) is 0 Å². The van der Waals surface area contributed by atoms with E-state index in [2.05, 4.69) is 18.2 Å². The number of hydrazine groups is 2. The second kappa shape index (κ2) is 8.55. The van der Waals surface area contributed by atoms with Gasteiger partial charge in [-0.05, 0) is 70.4 Å². The zero-order valence-electron chi connectivity index (χ0n) is 18.4. The number of ether oxygens (including phenoxy) is 2. The summed E-state index contributed by atoms with van der Waals surface area (Å²) in [4.78, 5) is 4.33. The Morgan fingerprint density at radius 2 is 1.69 bits per heavy atom. The smallest absolute Gasteiger partial charge is 0.240 e. The van der Waals surface area contributed by atoms with Gasteiger partial charge >= 0.3 is 0 Å². The van der Waals surface area contributed by atoms with Gasteiger partial charge in [0.25, 0.3) is 0 Å². The van der Waals surface area contributed by atoms with E-state index >= 15 is 0 Å². The van der Waals surface area contributed by atoms with Crippen molar-refractivity contribution < 1.29 is 9.47 Å². The minimum atomic E-state index is 0.387. The van der Waals surface area contributed by atoms with Crippen molar-refractivity contribution in [2.24, 2.45) is 16.7 Å². The van der Waals surface area contributed by atoms with E-state index in [1.165, 1.54) is 10.0 Å². The molecule has 1 aromatic rings. The number of hydrogen-bond donors (Lipinski definition) is 2. The predicted molar refractivity (Wildman–Crippen MR) is 118 cm³/mol. The van der Waals surface area contributed by atoms with Crippen LogP contribution in [0.2, 0.25) is 0 Å². The molecule has 2 rings (SSSR count).